The summed E-state index contributed by atoms with van der Waals surface area (Å²) in [7, 11) is -3.22. The fourth-order valence-electron chi connectivity index (χ4n) is 2.62. The van der Waals surface area contributed by atoms with Gasteiger partial charge in [-0.25, -0.2) is 13.1 Å². The Bertz CT molecular complexity index is 507. The van der Waals surface area contributed by atoms with Gasteiger partial charge < -0.3 is 5.11 Å². The molecule has 1 aliphatic rings. The quantitative estimate of drug-likeness (QED) is 0.836. The Hall–Kier alpha value is -0.910. The minimum absolute atomic E-state index is 0.0689. The number of nitrogens with one attached hydrogen (secondary N) is 1. The van der Waals surface area contributed by atoms with Gasteiger partial charge in [-0.15, -0.1) is 0 Å². The van der Waals surface area contributed by atoms with Crippen molar-refractivity contribution >= 4 is 10.0 Å². The number of aliphatic hydroxyl groups is 1. The number of benzene rings is 1. The minimum Gasteiger partial charge on any atom is -0.392 e. The van der Waals surface area contributed by atoms with E-state index in [0.29, 0.717) is 5.92 Å². The standard InChI is InChI=1S/C14H21NO3S/c16-10-14-8-4-3-7-13(14)9-15-19(17,18)11-12-5-1-2-6-12/h3-4,7-8,12,15-16H,1-2,5-6,9-11H2. The number of hydrogen-bond donors (Lipinski definition) is 2. The first kappa shape index (κ1) is 14.5. The summed E-state index contributed by atoms with van der Waals surface area (Å²) in [5, 5.41) is 9.20. The van der Waals surface area contributed by atoms with Crippen molar-refractivity contribution in [3.8, 4) is 0 Å². The maximum absolute atomic E-state index is 12.0. The average Bonchev–Trinajstić information content (AvgIpc) is 2.89. The Balaban J connectivity index is 1.93. The molecule has 1 saturated carbocycles. The van der Waals surface area contributed by atoms with Crippen molar-refractivity contribution in [1.82, 2.24) is 4.72 Å². The van der Waals surface area contributed by atoms with Gasteiger partial charge in [-0.3, -0.25) is 0 Å². The second kappa shape index (κ2) is 6.50. The van der Waals surface area contributed by atoms with Gasteiger partial charge in [0.1, 0.15) is 0 Å². The van der Waals surface area contributed by atoms with Gasteiger partial charge in [-0.2, -0.15) is 0 Å². The lowest BCUT2D eigenvalue weighted by atomic mass is 10.1. The minimum atomic E-state index is -3.22. The van der Waals surface area contributed by atoms with Crippen LogP contribution in [0.1, 0.15) is 36.8 Å². The van der Waals surface area contributed by atoms with Crippen LogP contribution in [0, 0.1) is 5.92 Å². The molecule has 19 heavy (non-hydrogen) atoms. The lowest BCUT2D eigenvalue weighted by Gasteiger charge is -2.12. The normalized spacial score (nSPS) is 16.9. The van der Waals surface area contributed by atoms with E-state index in [4.69, 9.17) is 0 Å². The third kappa shape index (κ3) is 4.30. The molecule has 1 aromatic carbocycles. The summed E-state index contributed by atoms with van der Waals surface area (Å²) in [5.41, 5.74) is 1.60. The molecule has 1 fully saturated rings. The zero-order chi connectivity index (χ0) is 13.7. The molecule has 0 aliphatic heterocycles. The molecule has 0 aromatic heterocycles. The van der Waals surface area contributed by atoms with Gasteiger partial charge in [-0.1, -0.05) is 37.1 Å². The summed E-state index contributed by atoms with van der Waals surface area (Å²) in [4.78, 5) is 0. The van der Waals surface area contributed by atoms with Crippen molar-refractivity contribution < 1.29 is 13.5 Å². The summed E-state index contributed by atoms with van der Waals surface area (Å²) in [6.07, 6.45) is 4.34. The van der Waals surface area contributed by atoms with Crippen LogP contribution in [-0.2, 0) is 23.2 Å². The molecular weight excluding hydrogens is 262 g/mol. The van der Waals surface area contributed by atoms with E-state index in [1.807, 2.05) is 18.2 Å². The van der Waals surface area contributed by atoms with E-state index in [1.165, 1.54) is 0 Å². The van der Waals surface area contributed by atoms with Gasteiger partial charge in [0.2, 0.25) is 10.0 Å². The number of rotatable bonds is 6. The number of hydrogen-bond acceptors (Lipinski definition) is 3. The van der Waals surface area contributed by atoms with Crippen molar-refractivity contribution in [2.24, 2.45) is 5.92 Å². The second-order valence-electron chi connectivity index (χ2n) is 5.18. The van der Waals surface area contributed by atoms with E-state index < -0.39 is 10.0 Å². The molecule has 0 bridgehead atoms. The SMILES string of the molecule is O=S(=O)(CC1CCCC1)NCc1ccccc1CO. The molecule has 2 rings (SSSR count). The van der Waals surface area contributed by atoms with Crippen molar-refractivity contribution in [1.29, 1.82) is 0 Å². The summed E-state index contributed by atoms with van der Waals surface area (Å²) in [5.74, 6) is 0.541. The van der Waals surface area contributed by atoms with Crippen LogP contribution >= 0.6 is 0 Å². The Morgan fingerprint density at radius 2 is 1.79 bits per heavy atom. The van der Waals surface area contributed by atoms with E-state index in [-0.39, 0.29) is 18.9 Å². The average molecular weight is 283 g/mol. The molecule has 0 radical (unpaired) electrons. The Morgan fingerprint density at radius 3 is 2.42 bits per heavy atom. The zero-order valence-corrected chi connectivity index (χ0v) is 11.8. The van der Waals surface area contributed by atoms with E-state index in [2.05, 4.69) is 4.72 Å². The van der Waals surface area contributed by atoms with Gasteiger partial charge in [0, 0.05) is 6.54 Å². The van der Waals surface area contributed by atoms with Crippen molar-refractivity contribution in [2.75, 3.05) is 5.75 Å². The molecule has 0 atom stereocenters. The molecule has 2 N–H and O–H groups in total. The molecule has 1 aromatic rings. The first-order valence-corrected chi connectivity index (χ1v) is 8.41. The molecular formula is C14H21NO3S. The topological polar surface area (TPSA) is 66.4 Å². The fourth-order valence-corrected chi connectivity index (χ4v) is 4.07. The molecule has 0 spiro atoms. The number of sulfonamides is 1. The summed E-state index contributed by atoms with van der Waals surface area (Å²) < 4.78 is 26.6. The van der Waals surface area contributed by atoms with Crippen LogP contribution in [-0.4, -0.2) is 19.3 Å². The second-order valence-corrected chi connectivity index (χ2v) is 7.03. The predicted molar refractivity (Wildman–Crippen MR) is 74.9 cm³/mol. The Labute approximate surface area is 114 Å². The third-order valence-corrected chi connectivity index (χ3v) is 5.20. The highest BCUT2D eigenvalue weighted by Crippen LogP contribution is 2.25. The maximum atomic E-state index is 12.0. The Kier molecular flexibility index (Phi) is 4.96. The molecule has 106 valence electrons. The summed E-state index contributed by atoms with van der Waals surface area (Å²) in [6.45, 7) is 0.187. The van der Waals surface area contributed by atoms with Crippen LogP contribution in [0.4, 0.5) is 0 Å². The van der Waals surface area contributed by atoms with Crippen LogP contribution in [0.15, 0.2) is 24.3 Å². The third-order valence-electron chi connectivity index (χ3n) is 3.70. The van der Waals surface area contributed by atoms with Crippen LogP contribution in [0.3, 0.4) is 0 Å². The predicted octanol–water partition coefficient (Wildman–Crippen LogP) is 1.79. The number of aliphatic hydroxyl groups excluding tert-OH is 1. The van der Waals surface area contributed by atoms with Crippen LogP contribution in [0.25, 0.3) is 0 Å². The summed E-state index contributed by atoms with van der Waals surface area (Å²) >= 11 is 0. The van der Waals surface area contributed by atoms with Gasteiger partial charge in [-0.05, 0) is 29.9 Å². The van der Waals surface area contributed by atoms with E-state index in [0.717, 1.165) is 36.8 Å². The molecule has 0 amide bonds. The van der Waals surface area contributed by atoms with Crippen LogP contribution in [0.5, 0.6) is 0 Å². The van der Waals surface area contributed by atoms with Crippen molar-refractivity contribution in [2.45, 2.75) is 38.8 Å². The summed E-state index contributed by atoms with van der Waals surface area (Å²) in [6, 6.07) is 7.33. The maximum Gasteiger partial charge on any atom is 0.212 e. The highest BCUT2D eigenvalue weighted by Gasteiger charge is 2.22. The molecule has 0 saturated heterocycles. The van der Waals surface area contributed by atoms with Crippen LogP contribution < -0.4 is 4.72 Å². The van der Waals surface area contributed by atoms with Crippen molar-refractivity contribution in [3.63, 3.8) is 0 Å². The highest BCUT2D eigenvalue weighted by molar-refractivity contribution is 7.89. The Morgan fingerprint density at radius 1 is 1.16 bits per heavy atom. The lowest BCUT2D eigenvalue weighted by molar-refractivity contribution is 0.280. The largest absolute Gasteiger partial charge is 0.392 e. The molecule has 5 heteroatoms. The first-order chi connectivity index (χ1) is 9.11. The molecule has 1 aliphatic carbocycles. The van der Waals surface area contributed by atoms with E-state index in [1.54, 1.807) is 6.07 Å². The molecule has 4 nitrogen and oxygen atoms in total. The zero-order valence-electron chi connectivity index (χ0n) is 11.0. The van der Waals surface area contributed by atoms with E-state index >= 15 is 0 Å². The first-order valence-electron chi connectivity index (χ1n) is 6.76. The van der Waals surface area contributed by atoms with Gasteiger partial charge in [0.25, 0.3) is 0 Å². The fraction of sp³-hybridized carbons (Fsp3) is 0.571. The van der Waals surface area contributed by atoms with Gasteiger partial charge in [0.15, 0.2) is 0 Å². The highest BCUT2D eigenvalue weighted by atomic mass is 32.2. The van der Waals surface area contributed by atoms with Gasteiger partial charge in [0.05, 0.1) is 12.4 Å². The van der Waals surface area contributed by atoms with Crippen LogP contribution in [0.2, 0.25) is 0 Å². The molecule has 0 heterocycles. The van der Waals surface area contributed by atoms with Crippen molar-refractivity contribution in [3.05, 3.63) is 35.4 Å². The van der Waals surface area contributed by atoms with Gasteiger partial charge >= 0.3 is 0 Å². The van der Waals surface area contributed by atoms with E-state index in [9.17, 15) is 13.5 Å². The molecule has 0 unspecified atom stereocenters. The monoisotopic (exact) mass is 283 g/mol. The smallest absolute Gasteiger partial charge is 0.212 e. The lowest BCUT2D eigenvalue weighted by Crippen LogP contribution is -2.29.